The molecule has 20 heavy (non-hydrogen) atoms. The van der Waals surface area contributed by atoms with E-state index in [1.807, 2.05) is 27.8 Å². The van der Waals surface area contributed by atoms with Crippen LogP contribution in [-0.2, 0) is 19.9 Å². The van der Waals surface area contributed by atoms with Gasteiger partial charge in [0.15, 0.2) is 5.89 Å². The highest BCUT2D eigenvalue weighted by atomic mass is 16.4. The van der Waals surface area contributed by atoms with Gasteiger partial charge in [-0.15, -0.1) is 0 Å². The third-order valence-electron chi connectivity index (χ3n) is 3.30. The van der Waals surface area contributed by atoms with Gasteiger partial charge < -0.3 is 9.73 Å². The van der Waals surface area contributed by atoms with Crippen LogP contribution in [-0.4, -0.2) is 20.7 Å². The number of carbonyl (C=O) groups excluding carboxylic acids is 1. The van der Waals surface area contributed by atoms with E-state index in [4.69, 9.17) is 4.42 Å². The molecular weight excluding hydrogens is 256 g/mol. The molecule has 108 valence electrons. The Bertz CT molecular complexity index is 640. The average molecular weight is 276 g/mol. The molecule has 1 N–H and O–H groups in total. The topological polar surface area (TPSA) is 73.0 Å². The lowest BCUT2D eigenvalue weighted by molar-refractivity contribution is 0.0993. The molecule has 0 bridgehead atoms. The molecule has 1 amide bonds. The molecule has 0 radical (unpaired) electrons. The molecular formula is C14H20N4O2. The summed E-state index contributed by atoms with van der Waals surface area (Å²) in [5.74, 6) is 1.24. The van der Waals surface area contributed by atoms with Crippen LogP contribution in [0, 0.1) is 13.8 Å². The predicted octanol–water partition coefficient (Wildman–Crippen LogP) is 2.40. The predicted molar refractivity (Wildman–Crippen MR) is 75.9 cm³/mol. The van der Waals surface area contributed by atoms with E-state index in [2.05, 4.69) is 15.4 Å². The van der Waals surface area contributed by atoms with Crippen molar-refractivity contribution in [1.82, 2.24) is 14.8 Å². The molecule has 2 heterocycles. The van der Waals surface area contributed by atoms with Crippen molar-refractivity contribution in [2.75, 3.05) is 5.32 Å². The molecule has 0 saturated heterocycles. The number of nitrogens with one attached hydrogen (secondary N) is 1. The summed E-state index contributed by atoms with van der Waals surface area (Å²) in [6.07, 6.45) is 1.50. The molecule has 2 aromatic heterocycles. The first-order valence-corrected chi connectivity index (χ1v) is 6.78. The third kappa shape index (κ3) is 2.45. The lowest BCUT2D eigenvalue weighted by atomic mass is 10.2. The highest BCUT2D eigenvalue weighted by Gasteiger charge is 2.20. The zero-order valence-electron chi connectivity index (χ0n) is 12.6. The van der Waals surface area contributed by atoms with Crippen LogP contribution < -0.4 is 5.32 Å². The zero-order valence-corrected chi connectivity index (χ0v) is 12.6. The van der Waals surface area contributed by atoms with Crippen molar-refractivity contribution < 1.29 is 9.21 Å². The summed E-state index contributed by atoms with van der Waals surface area (Å²) in [6.45, 7) is 7.69. The second-order valence-corrected chi connectivity index (χ2v) is 4.73. The zero-order chi connectivity index (χ0) is 14.9. The third-order valence-corrected chi connectivity index (χ3v) is 3.30. The SMILES string of the molecule is CCc1nc(C)c(C(=O)Nc2c(C)c(CC)nn2C)o1. The molecule has 0 saturated carbocycles. The summed E-state index contributed by atoms with van der Waals surface area (Å²) >= 11 is 0. The van der Waals surface area contributed by atoms with E-state index < -0.39 is 0 Å². The van der Waals surface area contributed by atoms with E-state index in [-0.39, 0.29) is 11.7 Å². The Labute approximate surface area is 118 Å². The van der Waals surface area contributed by atoms with Gasteiger partial charge in [-0.3, -0.25) is 9.48 Å². The number of aromatic nitrogens is 3. The monoisotopic (exact) mass is 276 g/mol. The molecule has 0 aliphatic heterocycles. The van der Waals surface area contributed by atoms with Crippen molar-refractivity contribution in [2.45, 2.75) is 40.5 Å². The van der Waals surface area contributed by atoms with Crippen molar-refractivity contribution in [2.24, 2.45) is 7.05 Å². The molecule has 0 aliphatic rings. The van der Waals surface area contributed by atoms with Gasteiger partial charge in [-0.05, 0) is 20.3 Å². The fraction of sp³-hybridized carbons (Fsp3) is 0.500. The van der Waals surface area contributed by atoms with Gasteiger partial charge in [-0.25, -0.2) is 4.98 Å². The maximum absolute atomic E-state index is 12.3. The molecule has 0 aliphatic carbocycles. The van der Waals surface area contributed by atoms with Crippen molar-refractivity contribution in [3.05, 3.63) is 28.6 Å². The van der Waals surface area contributed by atoms with Gasteiger partial charge in [-0.1, -0.05) is 13.8 Å². The van der Waals surface area contributed by atoms with Crippen molar-refractivity contribution in [3.8, 4) is 0 Å². The number of oxazole rings is 1. The van der Waals surface area contributed by atoms with Gasteiger partial charge in [0.1, 0.15) is 5.82 Å². The van der Waals surface area contributed by atoms with Crippen LogP contribution in [0.4, 0.5) is 5.82 Å². The summed E-state index contributed by atoms with van der Waals surface area (Å²) in [4.78, 5) is 16.5. The molecule has 6 nitrogen and oxygen atoms in total. The second-order valence-electron chi connectivity index (χ2n) is 4.73. The van der Waals surface area contributed by atoms with Gasteiger partial charge in [0.25, 0.3) is 5.91 Å². The first-order valence-electron chi connectivity index (χ1n) is 6.78. The molecule has 0 unspecified atom stereocenters. The highest BCUT2D eigenvalue weighted by molar-refractivity contribution is 6.02. The Kier molecular flexibility index (Phi) is 3.92. The lowest BCUT2D eigenvalue weighted by Crippen LogP contribution is -2.15. The average Bonchev–Trinajstić information content (AvgIpc) is 2.93. The Morgan fingerprint density at radius 3 is 2.50 bits per heavy atom. The largest absolute Gasteiger partial charge is 0.435 e. The minimum atomic E-state index is -0.288. The highest BCUT2D eigenvalue weighted by Crippen LogP contribution is 2.20. The maximum atomic E-state index is 12.3. The van der Waals surface area contributed by atoms with Crippen LogP contribution in [0.2, 0.25) is 0 Å². The van der Waals surface area contributed by atoms with E-state index in [0.717, 1.165) is 17.7 Å². The first-order chi connectivity index (χ1) is 9.47. The van der Waals surface area contributed by atoms with E-state index in [1.54, 1.807) is 11.6 Å². The smallest absolute Gasteiger partial charge is 0.294 e. The van der Waals surface area contributed by atoms with Crippen molar-refractivity contribution in [1.29, 1.82) is 0 Å². The summed E-state index contributed by atoms with van der Waals surface area (Å²) < 4.78 is 7.14. The molecule has 0 fully saturated rings. The number of hydrogen-bond acceptors (Lipinski definition) is 4. The van der Waals surface area contributed by atoms with Crippen LogP contribution in [0.25, 0.3) is 0 Å². The Balaban J connectivity index is 2.27. The van der Waals surface area contributed by atoms with Gasteiger partial charge in [0.2, 0.25) is 5.76 Å². The number of rotatable bonds is 4. The molecule has 2 aromatic rings. The van der Waals surface area contributed by atoms with Crippen molar-refractivity contribution in [3.63, 3.8) is 0 Å². The Morgan fingerprint density at radius 2 is 2.00 bits per heavy atom. The molecule has 0 atom stereocenters. The molecule has 0 aromatic carbocycles. The van der Waals surface area contributed by atoms with E-state index in [0.29, 0.717) is 23.8 Å². The molecule has 2 rings (SSSR count). The summed E-state index contributed by atoms with van der Waals surface area (Å²) in [6, 6.07) is 0. The summed E-state index contributed by atoms with van der Waals surface area (Å²) in [7, 11) is 1.81. The Hall–Kier alpha value is -2.11. The van der Waals surface area contributed by atoms with Gasteiger partial charge in [0.05, 0.1) is 11.4 Å². The number of amides is 1. The number of anilines is 1. The van der Waals surface area contributed by atoms with Gasteiger partial charge in [0, 0.05) is 19.0 Å². The van der Waals surface area contributed by atoms with Crippen molar-refractivity contribution >= 4 is 11.7 Å². The van der Waals surface area contributed by atoms with Crippen LogP contribution in [0.15, 0.2) is 4.42 Å². The fourth-order valence-electron chi connectivity index (χ4n) is 2.17. The fourth-order valence-corrected chi connectivity index (χ4v) is 2.17. The Morgan fingerprint density at radius 1 is 1.30 bits per heavy atom. The van der Waals surface area contributed by atoms with Crippen LogP contribution in [0.3, 0.4) is 0 Å². The quantitative estimate of drug-likeness (QED) is 0.930. The van der Waals surface area contributed by atoms with Gasteiger partial charge in [-0.2, -0.15) is 5.10 Å². The maximum Gasteiger partial charge on any atom is 0.294 e. The summed E-state index contributed by atoms with van der Waals surface area (Å²) in [5.41, 5.74) is 2.57. The van der Waals surface area contributed by atoms with Crippen LogP contribution >= 0.6 is 0 Å². The van der Waals surface area contributed by atoms with Crippen LogP contribution in [0.5, 0.6) is 0 Å². The second kappa shape index (κ2) is 5.48. The van der Waals surface area contributed by atoms with E-state index in [1.165, 1.54) is 0 Å². The van der Waals surface area contributed by atoms with E-state index >= 15 is 0 Å². The normalized spacial score (nSPS) is 10.8. The first kappa shape index (κ1) is 14.3. The number of carbonyl (C=O) groups is 1. The lowest BCUT2D eigenvalue weighted by Gasteiger charge is -2.05. The molecule has 0 spiro atoms. The number of hydrogen-bond donors (Lipinski definition) is 1. The van der Waals surface area contributed by atoms with Gasteiger partial charge >= 0.3 is 0 Å². The van der Waals surface area contributed by atoms with E-state index in [9.17, 15) is 4.79 Å². The number of aryl methyl sites for hydroxylation is 4. The summed E-state index contributed by atoms with van der Waals surface area (Å²) in [5, 5.41) is 7.23. The standard InChI is InChI=1S/C14H20N4O2/c1-6-10-8(3)13(18(5)17-10)16-14(19)12-9(4)15-11(7-2)20-12/h6-7H2,1-5H3,(H,16,19). The van der Waals surface area contributed by atoms with Crippen LogP contribution in [0.1, 0.15) is 47.2 Å². The number of nitrogens with zero attached hydrogens (tertiary/aromatic N) is 3. The minimum absolute atomic E-state index is 0.264. The minimum Gasteiger partial charge on any atom is -0.435 e. The molecule has 6 heteroatoms.